The topological polar surface area (TPSA) is 98.5 Å². The molecule has 0 radical (unpaired) electrons. The molecule has 0 aliphatic heterocycles. The smallest absolute Gasteiger partial charge is 0.229 e. The van der Waals surface area contributed by atoms with Gasteiger partial charge in [-0.25, -0.2) is 13.4 Å². The van der Waals surface area contributed by atoms with Gasteiger partial charge in [0.2, 0.25) is 14.9 Å². The minimum atomic E-state index is -3.88. The quantitative estimate of drug-likeness (QED) is 0.425. The van der Waals surface area contributed by atoms with Crippen LogP contribution in [0.5, 0.6) is 5.75 Å². The highest BCUT2D eigenvalue weighted by Gasteiger charge is 2.26. The average Bonchev–Trinajstić information content (AvgIpc) is 3.28. The van der Waals surface area contributed by atoms with Crippen molar-refractivity contribution in [1.82, 2.24) is 19.8 Å². The zero-order valence-corrected chi connectivity index (χ0v) is 18.0. The number of benzene rings is 3. The van der Waals surface area contributed by atoms with Crippen LogP contribution in [0, 0.1) is 0 Å². The van der Waals surface area contributed by atoms with E-state index in [1.807, 2.05) is 48.5 Å². The number of aromatic nitrogens is 4. The van der Waals surface area contributed by atoms with E-state index in [4.69, 9.17) is 4.74 Å². The number of hydrogen-bond donors (Lipinski definition) is 1. The third-order valence-corrected chi connectivity index (χ3v) is 6.82. The average molecular weight is 446 g/mol. The van der Waals surface area contributed by atoms with Crippen molar-refractivity contribution >= 4 is 32.2 Å². The van der Waals surface area contributed by atoms with Crippen molar-refractivity contribution in [2.24, 2.45) is 0 Å². The Morgan fingerprint density at radius 1 is 0.938 bits per heavy atom. The zero-order valence-electron chi connectivity index (χ0n) is 17.1. The molecule has 0 saturated carbocycles. The van der Waals surface area contributed by atoms with Gasteiger partial charge in [0.05, 0.1) is 17.5 Å². The fourth-order valence-electron chi connectivity index (χ4n) is 3.49. The maximum Gasteiger partial charge on any atom is 0.229 e. The second kappa shape index (κ2) is 7.93. The number of methoxy groups -OCH3 is 1. The van der Waals surface area contributed by atoms with E-state index in [9.17, 15) is 8.42 Å². The van der Waals surface area contributed by atoms with Crippen molar-refractivity contribution < 1.29 is 13.2 Å². The van der Waals surface area contributed by atoms with E-state index in [0.717, 1.165) is 16.7 Å². The van der Waals surface area contributed by atoms with Gasteiger partial charge in [0.25, 0.3) is 0 Å². The minimum Gasteiger partial charge on any atom is -0.497 e. The molecular formula is C23H19N5O3S. The fourth-order valence-corrected chi connectivity index (χ4v) is 4.75. The second-order valence-corrected chi connectivity index (χ2v) is 8.99. The number of rotatable bonds is 6. The Morgan fingerprint density at radius 3 is 2.41 bits per heavy atom. The molecule has 9 heteroatoms. The highest BCUT2D eigenvalue weighted by Crippen LogP contribution is 2.28. The molecule has 0 saturated heterocycles. The molecule has 1 N–H and O–H groups in total. The SMILES string of the molecule is COc1ccc(CNc2nc3c(S(=O)(=O)c4ccccc4)nnn3c3ccccc23)cc1. The summed E-state index contributed by atoms with van der Waals surface area (Å²) in [6.07, 6.45) is 0. The van der Waals surface area contributed by atoms with Gasteiger partial charge in [0.1, 0.15) is 11.6 Å². The van der Waals surface area contributed by atoms with E-state index in [1.165, 1.54) is 16.6 Å². The van der Waals surface area contributed by atoms with E-state index in [1.54, 1.807) is 25.3 Å². The van der Waals surface area contributed by atoms with Gasteiger partial charge in [-0.3, -0.25) is 0 Å². The van der Waals surface area contributed by atoms with Crippen LogP contribution in [0.15, 0.2) is 88.8 Å². The summed E-state index contributed by atoms with van der Waals surface area (Å²) in [5.41, 5.74) is 1.90. The lowest BCUT2D eigenvalue weighted by atomic mass is 10.2. The standard InChI is InChI=1S/C23H19N5O3S/c1-31-17-13-11-16(12-14-17)15-24-21-19-9-5-6-10-20(19)28-22(25-21)23(26-27-28)32(29,30)18-7-3-2-4-8-18/h2-14H,15H2,1H3,(H,24,25). The predicted octanol–water partition coefficient (Wildman–Crippen LogP) is 3.73. The third kappa shape index (κ3) is 3.42. The van der Waals surface area contributed by atoms with E-state index in [-0.39, 0.29) is 15.6 Å². The fraction of sp³-hybridized carbons (Fsp3) is 0.0870. The molecule has 0 aliphatic rings. The number of nitrogens with zero attached hydrogens (tertiary/aromatic N) is 4. The van der Waals surface area contributed by atoms with Crippen molar-refractivity contribution in [1.29, 1.82) is 0 Å². The van der Waals surface area contributed by atoms with Crippen molar-refractivity contribution in [3.8, 4) is 5.75 Å². The van der Waals surface area contributed by atoms with Crippen molar-refractivity contribution in [3.05, 3.63) is 84.4 Å². The van der Waals surface area contributed by atoms with Crippen LogP contribution in [0.25, 0.3) is 16.6 Å². The number of nitrogens with one attached hydrogen (secondary N) is 1. The van der Waals surface area contributed by atoms with Gasteiger partial charge in [-0.2, -0.15) is 4.52 Å². The van der Waals surface area contributed by atoms with Gasteiger partial charge in [0, 0.05) is 11.9 Å². The molecule has 5 aromatic rings. The number of fused-ring (bicyclic) bond motifs is 3. The molecule has 32 heavy (non-hydrogen) atoms. The van der Waals surface area contributed by atoms with E-state index < -0.39 is 9.84 Å². The molecule has 0 unspecified atom stereocenters. The van der Waals surface area contributed by atoms with Crippen LogP contribution in [-0.2, 0) is 16.4 Å². The molecule has 2 aromatic heterocycles. The monoisotopic (exact) mass is 445 g/mol. The predicted molar refractivity (Wildman–Crippen MR) is 121 cm³/mol. The van der Waals surface area contributed by atoms with E-state index >= 15 is 0 Å². The highest BCUT2D eigenvalue weighted by molar-refractivity contribution is 7.91. The Balaban J connectivity index is 1.61. The molecule has 0 bridgehead atoms. The summed E-state index contributed by atoms with van der Waals surface area (Å²) in [5.74, 6) is 1.33. The summed E-state index contributed by atoms with van der Waals surface area (Å²) in [6.45, 7) is 0.500. The Labute approximate surface area is 184 Å². The lowest BCUT2D eigenvalue weighted by Gasteiger charge is -2.11. The van der Waals surface area contributed by atoms with E-state index in [2.05, 4.69) is 20.6 Å². The minimum absolute atomic E-state index is 0.144. The molecule has 2 heterocycles. The largest absolute Gasteiger partial charge is 0.497 e. The molecular weight excluding hydrogens is 426 g/mol. The molecule has 0 amide bonds. The number of anilines is 1. The summed E-state index contributed by atoms with van der Waals surface area (Å²) in [6, 6.07) is 23.4. The number of hydrogen-bond acceptors (Lipinski definition) is 7. The molecule has 0 atom stereocenters. The maximum atomic E-state index is 13.2. The Morgan fingerprint density at radius 2 is 1.66 bits per heavy atom. The molecule has 160 valence electrons. The third-order valence-electron chi connectivity index (χ3n) is 5.15. The van der Waals surface area contributed by atoms with Crippen molar-refractivity contribution in [2.45, 2.75) is 16.5 Å². The van der Waals surface area contributed by atoms with Gasteiger partial charge in [-0.15, -0.1) is 5.10 Å². The van der Waals surface area contributed by atoms with Crippen LogP contribution >= 0.6 is 0 Å². The van der Waals surface area contributed by atoms with Crippen LogP contribution in [0.2, 0.25) is 0 Å². The number of sulfone groups is 1. The first-order valence-electron chi connectivity index (χ1n) is 9.89. The molecule has 0 fully saturated rings. The van der Waals surface area contributed by atoms with Gasteiger partial charge in [0.15, 0.2) is 5.65 Å². The first-order chi connectivity index (χ1) is 15.6. The molecule has 0 aliphatic carbocycles. The summed E-state index contributed by atoms with van der Waals surface area (Å²) >= 11 is 0. The van der Waals surface area contributed by atoms with Gasteiger partial charge >= 0.3 is 0 Å². The Hall–Kier alpha value is -3.98. The lowest BCUT2D eigenvalue weighted by molar-refractivity contribution is 0.414. The van der Waals surface area contributed by atoms with Gasteiger partial charge in [-0.05, 0) is 42.0 Å². The highest BCUT2D eigenvalue weighted by atomic mass is 32.2. The number of para-hydroxylation sites is 1. The maximum absolute atomic E-state index is 13.2. The van der Waals surface area contributed by atoms with Crippen LogP contribution < -0.4 is 10.1 Å². The molecule has 8 nitrogen and oxygen atoms in total. The molecule has 5 rings (SSSR count). The first kappa shape index (κ1) is 20.0. The van der Waals surface area contributed by atoms with Crippen LogP contribution in [-0.4, -0.2) is 35.3 Å². The Kier molecular flexibility index (Phi) is 4.95. The van der Waals surface area contributed by atoms with E-state index in [0.29, 0.717) is 17.9 Å². The zero-order chi connectivity index (χ0) is 22.1. The van der Waals surface area contributed by atoms with Gasteiger partial charge < -0.3 is 10.1 Å². The summed E-state index contributed by atoms with van der Waals surface area (Å²) < 4.78 is 33.1. The van der Waals surface area contributed by atoms with Crippen LogP contribution in [0.1, 0.15) is 5.56 Å². The normalized spacial score (nSPS) is 11.7. The van der Waals surface area contributed by atoms with Gasteiger partial charge in [-0.1, -0.05) is 47.7 Å². The van der Waals surface area contributed by atoms with Crippen LogP contribution in [0.3, 0.4) is 0 Å². The van der Waals surface area contributed by atoms with Crippen molar-refractivity contribution in [3.63, 3.8) is 0 Å². The Bertz CT molecular complexity index is 1510. The number of ether oxygens (including phenoxy) is 1. The lowest BCUT2D eigenvalue weighted by Crippen LogP contribution is -2.07. The molecule has 3 aromatic carbocycles. The van der Waals surface area contributed by atoms with Crippen LogP contribution in [0.4, 0.5) is 5.82 Å². The summed E-state index contributed by atoms with van der Waals surface area (Å²) in [5, 5.41) is 12.0. The molecule has 0 spiro atoms. The first-order valence-corrected chi connectivity index (χ1v) is 11.4. The van der Waals surface area contributed by atoms with Crippen molar-refractivity contribution in [2.75, 3.05) is 12.4 Å². The summed E-state index contributed by atoms with van der Waals surface area (Å²) in [4.78, 5) is 4.77. The second-order valence-electron chi connectivity index (χ2n) is 7.13. The summed E-state index contributed by atoms with van der Waals surface area (Å²) in [7, 11) is -2.26.